The van der Waals surface area contributed by atoms with Crippen LogP contribution in [0.2, 0.25) is 0 Å². The standard InChI is InChI=1S/C31H22N2/c1-32-28-16-7-5-13-25(28)27-20-21(18-19-29(27)32)23-14-9-15-26-24-12-6-8-17-30(24)33(31(23)26)22-10-3-2-4-11-22/h2-20H,1H3. The van der Waals surface area contributed by atoms with E-state index in [-0.39, 0.29) is 0 Å². The number of benzene rings is 5. The summed E-state index contributed by atoms with van der Waals surface area (Å²) in [7, 11) is 2.15. The highest BCUT2D eigenvalue weighted by Gasteiger charge is 2.17. The van der Waals surface area contributed by atoms with Gasteiger partial charge in [-0.15, -0.1) is 0 Å². The van der Waals surface area contributed by atoms with Crippen LogP contribution in [-0.4, -0.2) is 9.13 Å². The number of aromatic nitrogens is 2. The second-order valence-corrected chi connectivity index (χ2v) is 8.70. The Morgan fingerprint density at radius 2 is 1.12 bits per heavy atom. The Hall–Kier alpha value is -4.30. The van der Waals surface area contributed by atoms with Crippen molar-refractivity contribution in [2.75, 3.05) is 0 Å². The summed E-state index contributed by atoms with van der Waals surface area (Å²) in [5.74, 6) is 0. The van der Waals surface area contributed by atoms with Gasteiger partial charge in [0.25, 0.3) is 0 Å². The molecule has 0 atom stereocenters. The zero-order chi connectivity index (χ0) is 21.9. The van der Waals surface area contributed by atoms with E-state index in [2.05, 4.69) is 131 Å². The zero-order valence-corrected chi connectivity index (χ0v) is 18.4. The molecule has 0 fully saturated rings. The third-order valence-electron chi connectivity index (χ3n) is 6.93. The largest absolute Gasteiger partial charge is 0.344 e. The number of hydrogen-bond acceptors (Lipinski definition) is 0. The minimum atomic E-state index is 1.18. The fourth-order valence-corrected chi connectivity index (χ4v) is 5.43. The van der Waals surface area contributed by atoms with Crippen LogP contribution in [0.3, 0.4) is 0 Å². The van der Waals surface area contributed by atoms with Gasteiger partial charge in [-0.1, -0.05) is 78.9 Å². The van der Waals surface area contributed by atoms with E-state index in [0.29, 0.717) is 0 Å². The van der Waals surface area contributed by atoms with Crippen molar-refractivity contribution in [2.24, 2.45) is 7.05 Å². The summed E-state index contributed by atoms with van der Waals surface area (Å²) in [5.41, 5.74) is 8.69. The second kappa shape index (κ2) is 6.85. The Bertz CT molecular complexity index is 1820. The molecule has 0 radical (unpaired) electrons. The molecule has 33 heavy (non-hydrogen) atoms. The van der Waals surface area contributed by atoms with Crippen LogP contribution in [-0.2, 0) is 7.05 Å². The predicted octanol–water partition coefficient (Wildman–Crippen LogP) is 8.10. The van der Waals surface area contributed by atoms with Gasteiger partial charge in [-0.3, -0.25) is 0 Å². The van der Waals surface area contributed by atoms with E-state index >= 15 is 0 Å². The average molecular weight is 423 g/mol. The summed E-state index contributed by atoms with van der Waals surface area (Å²) < 4.78 is 4.70. The zero-order valence-electron chi connectivity index (χ0n) is 18.4. The molecule has 0 bridgehead atoms. The molecule has 7 rings (SSSR count). The minimum absolute atomic E-state index is 1.18. The Kier molecular flexibility index (Phi) is 3.80. The molecule has 0 spiro atoms. The summed E-state index contributed by atoms with van der Waals surface area (Å²) in [4.78, 5) is 0. The summed E-state index contributed by atoms with van der Waals surface area (Å²) >= 11 is 0. The normalized spacial score (nSPS) is 11.8. The first-order valence-corrected chi connectivity index (χ1v) is 11.4. The molecule has 5 aromatic carbocycles. The Labute approximate surface area is 191 Å². The number of para-hydroxylation sites is 4. The number of nitrogens with zero attached hydrogens (tertiary/aromatic N) is 2. The lowest BCUT2D eigenvalue weighted by Gasteiger charge is -2.12. The molecule has 0 saturated heterocycles. The molecule has 2 heteroatoms. The first kappa shape index (κ1) is 18.3. The van der Waals surface area contributed by atoms with Gasteiger partial charge in [0.1, 0.15) is 0 Å². The highest BCUT2D eigenvalue weighted by atomic mass is 15.0. The monoisotopic (exact) mass is 422 g/mol. The molecule has 0 aliphatic heterocycles. The van der Waals surface area contributed by atoms with E-state index < -0.39 is 0 Å². The third-order valence-corrected chi connectivity index (χ3v) is 6.93. The highest BCUT2D eigenvalue weighted by Crippen LogP contribution is 2.39. The maximum atomic E-state index is 2.41. The first-order chi connectivity index (χ1) is 16.3. The minimum Gasteiger partial charge on any atom is -0.344 e. The molecule has 0 aliphatic rings. The van der Waals surface area contributed by atoms with Gasteiger partial charge in [0, 0.05) is 50.9 Å². The van der Waals surface area contributed by atoms with Crippen LogP contribution in [0.1, 0.15) is 0 Å². The van der Waals surface area contributed by atoms with Crippen molar-refractivity contribution in [2.45, 2.75) is 0 Å². The van der Waals surface area contributed by atoms with Crippen molar-refractivity contribution >= 4 is 43.6 Å². The molecule has 2 heterocycles. The van der Waals surface area contributed by atoms with Gasteiger partial charge in [-0.2, -0.15) is 0 Å². The summed E-state index contributed by atoms with van der Waals surface area (Å²) in [6.07, 6.45) is 0. The lowest BCUT2D eigenvalue weighted by Crippen LogP contribution is -1.95. The molecule has 156 valence electrons. The van der Waals surface area contributed by atoms with Crippen LogP contribution in [0.25, 0.3) is 60.4 Å². The Balaban J connectivity index is 1.61. The van der Waals surface area contributed by atoms with E-state index in [1.54, 1.807) is 0 Å². The maximum Gasteiger partial charge on any atom is 0.0619 e. The predicted molar refractivity (Wildman–Crippen MR) is 140 cm³/mol. The van der Waals surface area contributed by atoms with Crippen LogP contribution in [0.4, 0.5) is 0 Å². The molecule has 0 amide bonds. The van der Waals surface area contributed by atoms with E-state index in [9.17, 15) is 0 Å². The van der Waals surface area contributed by atoms with E-state index in [1.807, 2.05) is 0 Å². The summed E-state index contributed by atoms with van der Waals surface area (Å²) in [5, 5.41) is 5.16. The second-order valence-electron chi connectivity index (χ2n) is 8.70. The quantitative estimate of drug-likeness (QED) is 0.266. The molecule has 2 aromatic heterocycles. The smallest absolute Gasteiger partial charge is 0.0619 e. The topological polar surface area (TPSA) is 9.86 Å². The van der Waals surface area contributed by atoms with Crippen LogP contribution in [0, 0.1) is 0 Å². The fourth-order valence-electron chi connectivity index (χ4n) is 5.43. The van der Waals surface area contributed by atoms with Gasteiger partial charge in [0.2, 0.25) is 0 Å². The van der Waals surface area contributed by atoms with E-state index in [0.717, 1.165) is 0 Å². The summed E-state index contributed by atoms with van der Waals surface area (Å²) in [6, 6.07) is 41.6. The SMILES string of the molecule is Cn1c2ccccc2c2cc(-c3cccc4c5ccccc5n(-c5ccccc5)c34)ccc21. The molecule has 2 nitrogen and oxygen atoms in total. The van der Waals surface area contributed by atoms with Crippen molar-refractivity contribution in [1.29, 1.82) is 0 Å². The van der Waals surface area contributed by atoms with Crippen molar-refractivity contribution in [3.8, 4) is 16.8 Å². The van der Waals surface area contributed by atoms with Crippen LogP contribution in [0.15, 0.2) is 115 Å². The van der Waals surface area contributed by atoms with Crippen molar-refractivity contribution in [3.63, 3.8) is 0 Å². The van der Waals surface area contributed by atoms with E-state index in [1.165, 1.54) is 60.4 Å². The van der Waals surface area contributed by atoms with E-state index in [4.69, 9.17) is 0 Å². The lowest BCUT2D eigenvalue weighted by molar-refractivity contribution is 1.01. The van der Waals surface area contributed by atoms with Crippen LogP contribution < -0.4 is 0 Å². The molecule has 0 N–H and O–H groups in total. The van der Waals surface area contributed by atoms with Gasteiger partial charge in [-0.05, 0) is 42.0 Å². The van der Waals surface area contributed by atoms with Gasteiger partial charge in [0.05, 0.1) is 11.0 Å². The Morgan fingerprint density at radius 3 is 1.94 bits per heavy atom. The third kappa shape index (κ3) is 2.55. The van der Waals surface area contributed by atoms with Gasteiger partial charge in [-0.25, -0.2) is 0 Å². The molecular formula is C31H22N2. The molecule has 7 aromatic rings. The molecule has 0 aliphatic carbocycles. The molecule has 0 saturated carbocycles. The van der Waals surface area contributed by atoms with Crippen molar-refractivity contribution < 1.29 is 0 Å². The van der Waals surface area contributed by atoms with Crippen LogP contribution >= 0.6 is 0 Å². The number of hydrogen-bond donors (Lipinski definition) is 0. The van der Waals surface area contributed by atoms with Crippen molar-refractivity contribution in [3.05, 3.63) is 115 Å². The van der Waals surface area contributed by atoms with Crippen LogP contribution in [0.5, 0.6) is 0 Å². The lowest BCUT2D eigenvalue weighted by atomic mass is 10.00. The molecular weight excluding hydrogens is 400 g/mol. The Morgan fingerprint density at radius 1 is 0.485 bits per heavy atom. The van der Waals surface area contributed by atoms with Crippen molar-refractivity contribution in [1.82, 2.24) is 9.13 Å². The molecule has 0 unspecified atom stereocenters. The first-order valence-electron chi connectivity index (χ1n) is 11.4. The van der Waals surface area contributed by atoms with Gasteiger partial charge in [0.15, 0.2) is 0 Å². The number of aryl methyl sites for hydroxylation is 1. The number of rotatable bonds is 2. The fraction of sp³-hybridized carbons (Fsp3) is 0.0323. The van der Waals surface area contributed by atoms with Gasteiger partial charge >= 0.3 is 0 Å². The number of fused-ring (bicyclic) bond motifs is 6. The summed E-state index contributed by atoms with van der Waals surface area (Å²) in [6.45, 7) is 0. The highest BCUT2D eigenvalue weighted by molar-refractivity contribution is 6.15. The average Bonchev–Trinajstić information content (AvgIpc) is 3.37. The maximum absolute atomic E-state index is 2.41. The van der Waals surface area contributed by atoms with Gasteiger partial charge < -0.3 is 9.13 Å².